The molecule has 20 heavy (non-hydrogen) atoms. The predicted molar refractivity (Wildman–Crippen MR) is 83.3 cm³/mol. The van der Waals surface area contributed by atoms with E-state index in [1.807, 2.05) is 32.2 Å². The van der Waals surface area contributed by atoms with E-state index in [1.165, 1.54) is 0 Å². The quantitative estimate of drug-likeness (QED) is 0.256. The number of thiophene rings is 1. The Morgan fingerprint density at radius 1 is 1.60 bits per heavy atom. The predicted octanol–water partition coefficient (Wildman–Crippen LogP) is 2.35. The van der Waals surface area contributed by atoms with Crippen molar-refractivity contribution in [1.29, 1.82) is 0 Å². The summed E-state index contributed by atoms with van der Waals surface area (Å²) in [5, 5.41) is 13.6. The third-order valence-corrected chi connectivity index (χ3v) is 5.81. The molecular weight excluding hydrogens is 294 g/mol. The van der Waals surface area contributed by atoms with Crippen molar-refractivity contribution in [3.05, 3.63) is 21.9 Å². The highest BCUT2D eigenvalue weighted by Crippen LogP contribution is 2.43. The first-order chi connectivity index (χ1) is 9.32. The molecule has 0 amide bonds. The van der Waals surface area contributed by atoms with Crippen LogP contribution in [0.2, 0.25) is 0 Å². The molecule has 0 aliphatic heterocycles. The molecule has 1 aliphatic rings. The van der Waals surface area contributed by atoms with Crippen molar-refractivity contribution in [2.75, 3.05) is 0 Å². The number of oxime groups is 1. The van der Waals surface area contributed by atoms with Crippen LogP contribution in [0.15, 0.2) is 16.6 Å². The second-order valence-electron chi connectivity index (χ2n) is 6.04. The van der Waals surface area contributed by atoms with Gasteiger partial charge in [0, 0.05) is 27.2 Å². The molecule has 0 spiro atoms. The average molecular weight is 315 g/mol. The molecule has 1 heterocycles. The Hall–Kier alpha value is -0.760. The summed E-state index contributed by atoms with van der Waals surface area (Å²) in [4.78, 5) is 1.09. The number of nitrogens with zero attached hydrogens (tertiary/aromatic N) is 1. The molecule has 1 aromatic rings. The maximum Gasteiger partial charge on any atom is 0.170 e. The van der Waals surface area contributed by atoms with Gasteiger partial charge in [0.15, 0.2) is 5.84 Å². The first-order valence-corrected chi connectivity index (χ1v) is 8.60. The minimum atomic E-state index is -1.11. The smallest absolute Gasteiger partial charge is 0.170 e. The summed E-state index contributed by atoms with van der Waals surface area (Å²) in [6.45, 7) is 5.86. The molecule has 1 aliphatic carbocycles. The Balaban J connectivity index is 2.15. The monoisotopic (exact) mass is 315 g/mol. The lowest BCUT2D eigenvalue weighted by atomic mass is 10.1. The van der Waals surface area contributed by atoms with Crippen molar-refractivity contribution >= 4 is 28.5 Å². The van der Waals surface area contributed by atoms with Gasteiger partial charge in [-0.1, -0.05) is 5.16 Å². The lowest BCUT2D eigenvalue weighted by Gasteiger charge is -2.27. The van der Waals surface area contributed by atoms with E-state index in [2.05, 4.69) is 9.88 Å². The molecule has 0 aromatic carbocycles. The molecule has 4 N–H and O–H groups in total. The molecule has 2 rings (SSSR count). The average Bonchev–Trinajstić information content (AvgIpc) is 3.10. The van der Waals surface area contributed by atoms with Crippen LogP contribution in [-0.4, -0.2) is 20.3 Å². The van der Waals surface area contributed by atoms with E-state index < -0.39 is 11.4 Å². The summed E-state index contributed by atoms with van der Waals surface area (Å²) >= 11 is 0.448. The van der Waals surface area contributed by atoms with Crippen LogP contribution in [0.5, 0.6) is 0 Å². The fourth-order valence-electron chi connectivity index (χ4n) is 1.82. The second kappa shape index (κ2) is 5.93. The van der Waals surface area contributed by atoms with Crippen LogP contribution in [-0.2, 0) is 11.4 Å². The Morgan fingerprint density at radius 2 is 2.25 bits per heavy atom. The van der Waals surface area contributed by atoms with E-state index in [0.29, 0.717) is 11.5 Å². The molecule has 0 bridgehead atoms. The van der Waals surface area contributed by atoms with Gasteiger partial charge in [0.25, 0.3) is 0 Å². The van der Waals surface area contributed by atoms with Crippen LogP contribution in [0.25, 0.3) is 0 Å². The van der Waals surface area contributed by atoms with Crippen molar-refractivity contribution in [2.45, 2.75) is 44.4 Å². The molecule has 1 fully saturated rings. The van der Waals surface area contributed by atoms with Gasteiger partial charge < -0.3 is 15.5 Å². The van der Waals surface area contributed by atoms with Crippen LogP contribution in [0.1, 0.15) is 50.1 Å². The van der Waals surface area contributed by atoms with E-state index in [-0.39, 0.29) is 16.6 Å². The van der Waals surface area contributed by atoms with E-state index in [9.17, 15) is 4.55 Å². The lowest BCUT2D eigenvalue weighted by molar-refractivity contribution is 0.318. The first kappa shape index (κ1) is 15.6. The first-order valence-electron chi connectivity index (χ1n) is 6.57. The van der Waals surface area contributed by atoms with E-state index >= 15 is 0 Å². The van der Waals surface area contributed by atoms with Gasteiger partial charge in [0.1, 0.15) is 4.75 Å². The Kier molecular flexibility index (Phi) is 4.63. The SMILES string of the molecule is CC(C)(C)[S+]([O-])NC(c1cc(C(N)=NO)cs1)C1CC1. The summed E-state index contributed by atoms with van der Waals surface area (Å²) in [7, 11) is 0. The third-order valence-electron chi connectivity index (χ3n) is 3.21. The van der Waals surface area contributed by atoms with E-state index in [1.54, 1.807) is 11.3 Å². The minimum absolute atomic E-state index is 0.0836. The highest BCUT2D eigenvalue weighted by molar-refractivity contribution is 7.90. The molecule has 112 valence electrons. The number of amidine groups is 1. The second-order valence-corrected chi connectivity index (χ2v) is 8.98. The maximum absolute atomic E-state index is 12.3. The summed E-state index contributed by atoms with van der Waals surface area (Å²) in [6.07, 6.45) is 2.30. The van der Waals surface area contributed by atoms with Gasteiger partial charge in [-0.3, -0.25) is 0 Å². The van der Waals surface area contributed by atoms with Crippen LogP contribution >= 0.6 is 11.3 Å². The molecule has 2 atom stereocenters. The van der Waals surface area contributed by atoms with E-state index in [4.69, 9.17) is 10.9 Å². The van der Waals surface area contributed by atoms with Crippen molar-refractivity contribution in [3.63, 3.8) is 0 Å². The lowest BCUT2D eigenvalue weighted by Crippen LogP contribution is -2.41. The van der Waals surface area contributed by atoms with Crippen LogP contribution in [0.3, 0.4) is 0 Å². The van der Waals surface area contributed by atoms with Gasteiger partial charge in [-0.25, -0.2) is 0 Å². The fraction of sp³-hybridized carbons (Fsp3) is 0.615. The zero-order valence-electron chi connectivity index (χ0n) is 11.9. The molecule has 7 heteroatoms. The topological polar surface area (TPSA) is 93.7 Å². The Labute approximate surface area is 126 Å². The number of rotatable bonds is 5. The summed E-state index contributed by atoms with van der Waals surface area (Å²) in [5.74, 6) is 0.638. The third kappa shape index (κ3) is 3.66. The molecule has 2 unspecified atom stereocenters. The van der Waals surface area contributed by atoms with Crippen molar-refractivity contribution in [2.24, 2.45) is 16.8 Å². The highest BCUT2D eigenvalue weighted by atomic mass is 32.2. The van der Waals surface area contributed by atoms with Gasteiger partial charge in [-0.2, -0.15) is 0 Å². The van der Waals surface area contributed by atoms with Gasteiger partial charge in [-0.05, 0) is 45.6 Å². The summed E-state index contributed by atoms with van der Waals surface area (Å²) in [6, 6.07) is 2.00. The van der Waals surface area contributed by atoms with Crippen molar-refractivity contribution < 1.29 is 9.76 Å². The Bertz CT molecular complexity index is 492. The Morgan fingerprint density at radius 3 is 2.75 bits per heavy atom. The molecule has 1 aromatic heterocycles. The largest absolute Gasteiger partial charge is 0.598 e. The minimum Gasteiger partial charge on any atom is -0.598 e. The summed E-state index contributed by atoms with van der Waals surface area (Å²) < 4.78 is 15.2. The van der Waals surface area contributed by atoms with Crippen LogP contribution in [0.4, 0.5) is 0 Å². The summed E-state index contributed by atoms with van der Waals surface area (Å²) in [5.41, 5.74) is 6.31. The number of nitrogens with one attached hydrogen (secondary N) is 1. The number of hydrogen-bond acceptors (Lipinski definition) is 5. The van der Waals surface area contributed by atoms with Crippen LogP contribution in [0, 0.1) is 5.92 Å². The van der Waals surface area contributed by atoms with Crippen molar-refractivity contribution in [3.8, 4) is 0 Å². The number of nitrogens with two attached hydrogens (primary N) is 1. The normalized spacial score (nSPS) is 19.9. The molecule has 0 radical (unpaired) electrons. The van der Waals surface area contributed by atoms with Crippen LogP contribution < -0.4 is 10.5 Å². The zero-order valence-corrected chi connectivity index (χ0v) is 13.6. The van der Waals surface area contributed by atoms with Crippen molar-refractivity contribution in [1.82, 2.24) is 4.72 Å². The molecule has 0 saturated heterocycles. The van der Waals surface area contributed by atoms with Gasteiger partial charge in [0.05, 0.1) is 6.04 Å². The molecular formula is C13H21N3O2S2. The standard InChI is InChI=1S/C13H21N3O2S2/c1-13(2,3)20(18)16-11(8-4-5-8)10-6-9(7-19-10)12(14)15-17/h6-8,11,16-17H,4-5H2,1-3H3,(H2,14,15). The maximum atomic E-state index is 12.3. The fourth-order valence-corrected chi connectivity index (χ4v) is 3.84. The van der Waals surface area contributed by atoms with Gasteiger partial charge in [-0.15, -0.1) is 16.1 Å². The zero-order chi connectivity index (χ0) is 14.9. The number of hydrogen-bond donors (Lipinski definition) is 3. The highest BCUT2D eigenvalue weighted by Gasteiger charge is 2.39. The molecule has 5 nitrogen and oxygen atoms in total. The van der Waals surface area contributed by atoms with Gasteiger partial charge in [0.2, 0.25) is 0 Å². The van der Waals surface area contributed by atoms with Gasteiger partial charge >= 0.3 is 0 Å². The van der Waals surface area contributed by atoms with E-state index in [0.717, 1.165) is 17.7 Å². The molecule has 1 saturated carbocycles.